The van der Waals surface area contributed by atoms with Gasteiger partial charge in [0.05, 0.1) is 19.5 Å². The predicted octanol–water partition coefficient (Wildman–Crippen LogP) is 2.57. The van der Waals surface area contributed by atoms with Crippen molar-refractivity contribution in [3.8, 4) is 11.5 Å². The summed E-state index contributed by atoms with van der Waals surface area (Å²) in [4.78, 5) is 25.5. The minimum absolute atomic E-state index is 0.0591. The van der Waals surface area contributed by atoms with Crippen molar-refractivity contribution in [3.63, 3.8) is 0 Å². The maximum Gasteiger partial charge on any atom is 0.251 e. The van der Waals surface area contributed by atoms with E-state index in [0.717, 1.165) is 11.8 Å². The normalized spacial score (nSPS) is 12.0. The lowest BCUT2D eigenvalue weighted by Gasteiger charge is -2.19. The van der Waals surface area contributed by atoms with Crippen LogP contribution in [0.25, 0.3) is 0 Å². The Kier molecular flexibility index (Phi) is 8.44. The van der Waals surface area contributed by atoms with Crippen molar-refractivity contribution >= 4 is 27.3 Å². The molecule has 1 unspecified atom stereocenters. The van der Waals surface area contributed by atoms with E-state index in [2.05, 4.69) is 10.6 Å². The molecule has 8 nitrogen and oxygen atoms in total. The van der Waals surface area contributed by atoms with Crippen LogP contribution in [0.3, 0.4) is 0 Å². The molecule has 168 valence electrons. The van der Waals surface area contributed by atoms with Crippen LogP contribution in [0.1, 0.15) is 29.3 Å². The lowest BCUT2D eigenvalue weighted by Crippen LogP contribution is -2.44. The molecule has 0 aliphatic carbocycles. The SMILES string of the molecule is CCOc1ccc(NC(=O)C(CCS(C)(=O)=O)NC(=O)c2cccc(C)c2)cc1OC. The van der Waals surface area contributed by atoms with E-state index in [1.807, 2.05) is 19.9 Å². The molecular weight excluding hydrogens is 420 g/mol. The lowest BCUT2D eigenvalue weighted by molar-refractivity contribution is -0.118. The van der Waals surface area contributed by atoms with Gasteiger partial charge in [0.2, 0.25) is 5.91 Å². The Morgan fingerprint density at radius 2 is 1.84 bits per heavy atom. The van der Waals surface area contributed by atoms with E-state index in [-0.39, 0.29) is 12.2 Å². The number of nitrogens with one attached hydrogen (secondary N) is 2. The molecule has 1 atom stereocenters. The van der Waals surface area contributed by atoms with Gasteiger partial charge in [-0.25, -0.2) is 8.42 Å². The highest BCUT2D eigenvalue weighted by molar-refractivity contribution is 7.90. The van der Waals surface area contributed by atoms with E-state index in [1.54, 1.807) is 36.4 Å². The first-order chi connectivity index (χ1) is 14.6. The third-order valence-electron chi connectivity index (χ3n) is 4.41. The smallest absolute Gasteiger partial charge is 0.251 e. The van der Waals surface area contributed by atoms with Gasteiger partial charge in [0.1, 0.15) is 15.9 Å². The minimum atomic E-state index is -3.32. The van der Waals surface area contributed by atoms with Crippen LogP contribution in [0.4, 0.5) is 5.69 Å². The summed E-state index contributed by atoms with van der Waals surface area (Å²) in [6, 6.07) is 10.8. The molecule has 0 aliphatic heterocycles. The number of carbonyl (C=O) groups excluding carboxylic acids is 2. The second kappa shape index (κ2) is 10.8. The summed E-state index contributed by atoms with van der Waals surface area (Å²) in [5.74, 6) is -0.260. The van der Waals surface area contributed by atoms with E-state index in [0.29, 0.717) is 29.4 Å². The van der Waals surface area contributed by atoms with E-state index < -0.39 is 27.7 Å². The fourth-order valence-electron chi connectivity index (χ4n) is 2.88. The third-order valence-corrected chi connectivity index (χ3v) is 5.39. The first-order valence-corrected chi connectivity index (χ1v) is 11.9. The van der Waals surface area contributed by atoms with Gasteiger partial charge in [-0.3, -0.25) is 9.59 Å². The van der Waals surface area contributed by atoms with Crippen LogP contribution in [0.2, 0.25) is 0 Å². The van der Waals surface area contributed by atoms with Gasteiger partial charge in [0.15, 0.2) is 11.5 Å². The zero-order chi connectivity index (χ0) is 23.0. The van der Waals surface area contributed by atoms with Crippen molar-refractivity contribution < 1.29 is 27.5 Å². The van der Waals surface area contributed by atoms with Crippen molar-refractivity contribution in [2.24, 2.45) is 0 Å². The zero-order valence-corrected chi connectivity index (χ0v) is 18.9. The van der Waals surface area contributed by atoms with Crippen LogP contribution < -0.4 is 20.1 Å². The van der Waals surface area contributed by atoms with Crippen molar-refractivity contribution in [1.29, 1.82) is 0 Å². The number of ether oxygens (including phenoxy) is 2. The van der Waals surface area contributed by atoms with Gasteiger partial charge in [-0.15, -0.1) is 0 Å². The molecule has 0 saturated heterocycles. The van der Waals surface area contributed by atoms with E-state index >= 15 is 0 Å². The molecule has 0 saturated carbocycles. The van der Waals surface area contributed by atoms with Gasteiger partial charge in [-0.2, -0.15) is 0 Å². The largest absolute Gasteiger partial charge is 0.493 e. The number of rotatable bonds is 10. The predicted molar refractivity (Wildman–Crippen MR) is 120 cm³/mol. The van der Waals surface area contributed by atoms with Crippen molar-refractivity contribution in [3.05, 3.63) is 53.6 Å². The standard InChI is InChI=1S/C22H28N2O6S/c1-5-30-19-10-9-17(14-20(19)29-3)23-22(26)18(11-12-31(4,27)28)24-21(25)16-8-6-7-15(2)13-16/h6-10,13-14,18H,5,11-12H2,1-4H3,(H,23,26)(H,24,25). The Hall–Kier alpha value is -3.07. The average molecular weight is 449 g/mol. The average Bonchev–Trinajstić information content (AvgIpc) is 2.71. The summed E-state index contributed by atoms with van der Waals surface area (Å²) in [6.07, 6.45) is 1.03. The van der Waals surface area contributed by atoms with Crippen molar-refractivity contribution in [2.45, 2.75) is 26.3 Å². The Balaban J connectivity index is 2.20. The van der Waals surface area contributed by atoms with Crippen molar-refractivity contribution in [2.75, 3.05) is 31.0 Å². The molecule has 0 heterocycles. The molecule has 0 radical (unpaired) electrons. The van der Waals surface area contributed by atoms with Gasteiger partial charge in [0, 0.05) is 23.6 Å². The molecule has 2 aromatic carbocycles. The first kappa shape index (κ1) is 24.2. The quantitative estimate of drug-likeness (QED) is 0.578. The molecule has 0 aliphatic rings. The van der Waals surface area contributed by atoms with Crippen LogP contribution >= 0.6 is 0 Å². The Bertz CT molecular complexity index is 1040. The number of anilines is 1. The number of amides is 2. The number of hydrogen-bond acceptors (Lipinski definition) is 6. The van der Waals surface area contributed by atoms with Crippen LogP contribution in [0, 0.1) is 6.92 Å². The van der Waals surface area contributed by atoms with Crippen LogP contribution in [0.15, 0.2) is 42.5 Å². The molecule has 2 N–H and O–H groups in total. The molecule has 31 heavy (non-hydrogen) atoms. The summed E-state index contributed by atoms with van der Waals surface area (Å²) in [6.45, 7) is 4.16. The molecule has 2 aromatic rings. The topological polar surface area (TPSA) is 111 Å². The summed E-state index contributed by atoms with van der Waals surface area (Å²) >= 11 is 0. The molecule has 2 amide bonds. The molecule has 2 rings (SSSR count). The number of aryl methyl sites for hydroxylation is 1. The zero-order valence-electron chi connectivity index (χ0n) is 18.1. The van der Waals surface area contributed by atoms with Gasteiger partial charge < -0.3 is 20.1 Å². The highest BCUT2D eigenvalue weighted by Gasteiger charge is 2.23. The minimum Gasteiger partial charge on any atom is -0.493 e. The first-order valence-electron chi connectivity index (χ1n) is 9.80. The fourth-order valence-corrected chi connectivity index (χ4v) is 3.54. The summed E-state index contributed by atoms with van der Waals surface area (Å²) in [5.41, 5.74) is 1.71. The fraction of sp³-hybridized carbons (Fsp3) is 0.364. The third kappa shape index (κ3) is 7.60. The Morgan fingerprint density at radius 1 is 1.10 bits per heavy atom. The molecule has 0 fully saturated rings. The highest BCUT2D eigenvalue weighted by atomic mass is 32.2. The van der Waals surface area contributed by atoms with E-state index in [4.69, 9.17) is 9.47 Å². The number of hydrogen-bond donors (Lipinski definition) is 2. The van der Waals surface area contributed by atoms with Gasteiger partial charge in [-0.05, 0) is 44.5 Å². The summed E-state index contributed by atoms with van der Waals surface area (Å²) in [5, 5.41) is 5.35. The second-order valence-corrected chi connectivity index (χ2v) is 9.36. The molecule has 0 spiro atoms. The lowest BCUT2D eigenvalue weighted by atomic mass is 10.1. The van der Waals surface area contributed by atoms with E-state index in [9.17, 15) is 18.0 Å². The van der Waals surface area contributed by atoms with E-state index in [1.165, 1.54) is 7.11 Å². The maximum atomic E-state index is 12.9. The molecular formula is C22H28N2O6S. The van der Waals surface area contributed by atoms with Crippen LogP contribution in [0.5, 0.6) is 11.5 Å². The number of benzene rings is 2. The molecule has 9 heteroatoms. The molecule has 0 bridgehead atoms. The number of methoxy groups -OCH3 is 1. The van der Waals surface area contributed by atoms with Gasteiger partial charge in [-0.1, -0.05) is 17.7 Å². The maximum absolute atomic E-state index is 12.9. The van der Waals surface area contributed by atoms with Crippen LogP contribution in [-0.2, 0) is 14.6 Å². The van der Waals surface area contributed by atoms with Crippen molar-refractivity contribution in [1.82, 2.24) is 5.32 Å². The van der Waals surface area contributed by atoms with Crippen LogP contribution in [-0.4, -0.2) is 52.0 Å². The number of carbonyl (C=O) groups is 2. The summed E-state index contributed by atoms with van der Waals surface area (Å²) < 4.78 is 34.0. The van der Waals surface area contributed by atoms with Gasteiger partial charge in [0.25, 0.3) is 5.91 Å². The van der Waals surface area contributed by atoms with Gasteiger partial charge >= 0.3 is 0 Å². The summed E-state index contributed by atoms with van der Waals surface area (Å²) in [7, 11) is -1.84. The second-order valence-electron chi connectivity index (χ2n) is 7.10. The Morgan fingerprint density at radius 3 is 2.45 bits per heavy atom. The number of sulfone groups is 1. The monoisotopic (exact) mass is 448 g/mol. The molecule has 0 aromatic heterocycles. The Labute approximate surface area is 182 Å². The highest BCUT2D eigenvalue weighted by Crippen LogP contribution is 2.30.